The molecule has 5 heteroatoms. The lowest BCUT2D eigenvalue weighted by atomic mass is 9.67. The van der Waals surface area contributed by atoms with Crippen molar-refractivity contribution >= 4 is 17.4 Å². The van der Waals surface area contributed by atoms with Gasteiger partial charge in [0.25, 0.3) is 0 Å². The Bertz CT molecular complexity index is 830. The van der Waals surface area contributed by atoms with Crippen molar-refractivity contribution in [1.82, 2.24) is 4.98 Å². The molecular weight excluding hydrogens is 328 g/mol. The predicted molar refractivity (Wildman–Crippen MR) is 101 cm³/mol. The molecule has 0 radical (unpaired) electrons. The van der Waals surface area contributed by atoms with Gasteiger partial charge in [-0.05, 0) is 49.9 Å². The number of carbonyl (C=O) groups is 2. The molecule has 0 fully saturated rings. The normalized spacial score (nSPS) is 19.1. The first kappa shape index (κ1) is 18.1. The number of nitrogens with zero attached hydrogens (tertiary/aromatic N) is 1. The Hall–Kier alpha value is -2.69. The van der Waals surface area contributed by atoms with Crippen molar-refractivity contribution in [3.63, 3.8) is 0 Å². The van der Waals surface area contributed by atoms with Crippen LogP contribution < -0.4 is 5.73 Å². The second kappa shape index (κ2) is 7.28. The fraction of sp³-hybridized carbons (Fsp3) is 0.381. The molecule has 3 rings (SSSR count). The summed E-state index contributed by atoms with van der Waals surface area (Å²) in [6.45, 7) is 4.08. The molecule has 0 amide bonds. The minimum atomic E-state index is -0.653. The molecule has 1 atom stereocenters. The predicted octanol–water partition coefficient (Wildman–Crippen LogP) is 3.81. The molecule has 136 valence electrons. The molecule has 1 unspecified atom stereocenters. The molecule has 2 aromatic rings. The molecule has 0 saturated heterocycles. The number of aryl methyl sites for hydroxylation is 1. The first-order valence-corrected chi connectivity index (χ1v) is 9.04. The van der Waals surface area contributed by atoms with Gasteiger partial charge in [0.1, 0.15) is 0 Å². The fourth-order valence-electron chi connectivity index (χ4n) is 3.65. The number of rotatable bonds is 5. The van der Waals surface area contributed by atoms with E-state index in [0.29, 0.717) is 30.7 Å². The van der Waals surface area contributed by atoms with Crippen molar-refractivity contribution < 1.29 is 14.3 Å². The highest BCUT2D eigenvalue weighted by Crippen LogP contribution is 2.42. The number of ether oxygens (including phenoxy) is 1. The third kappa shape index (κ3) is 3.34. The van der Waals surface area contributed by atoms with Crippen LogP contribution in [0.3, 0.4) is 0 Å². The standard InChI is InChI=1S/C21H24N2O3/c1-3-21(12-19(24)26-4-2)10-9-14-11-15(5-7-17(14)20(21)25)18-8-6-16(22)13-23-18/h5-8,11,13H,3-4,9-10,12,22H2,1-2H3. The highest BCUT2D eigenvalue weighted by atomic mass is 16.5. The van der Waals surface area contributed by atoms with E-state index in [1.54, 1.807) is 13.1 Å². The molecule has 1 aromatic carbocycles. The maximum atomic E-state index is 13.2. The number of anilines is 1. The van der Waals surface area contributed by atoms with Crippen molar-refractivity contribution in [2.75, 3.05) is 12.3 Å². The number of carbonyl (C=O) groups excluding carboxylic acids is 2. The van der Waals surface area contributed by atoms with Gasteiger partial charge in [-0.15, -0.1) is 0 Å². The van der Waals surface area contributed by atoms with E-state index in [1.807, 2.05) is 37.3 Å². The number of Topliss-reactive ketones (excluding diaryl/α,β-unsaturated/α-hetero) is 1. The zero-order chi connectivity index (χ0) is 18.7. The summed E-state index contributed by atoms with van der Waals surface area (Å²) in [6.07, 6.45) is 3.83. The summed E-state index contributed by atoms with van der Waals surface area (Å²) in [4.78, 5) is 29.5. The monoisotopic (exact) mass is 352 g/mol. The van der Waals surface area contributed by atoms with Crippen molar-refractivity contribution in [2.45, 2.75) is 39.5 Å². The SMILES string of the molecule is CCOC(=O)CC1(CC)CCc2cc(-c3ccc(N)cn3)ccc2C1=O. The van der Waals surface area contributed by atoms with Crippen LogP contribution in [0.1, 0.15) is 49.0 Å². The number of aromatic nitrogens is 1. The lowest BCUT2D eigenvalue weighted by Gasteiger charge is -2.35. The van der Waals surface area contributed by atoms with Crippen molar-refractivity contribution in [3.8, 4) is 11.3 Å². The molecule has 5 nitrogen and oxygen atoms in total. The first-order chi connectivity index (χ1) is 12.5. The fourth-order valence-corrected chi connectivity index (χ4v) is 3.65. The van der Waals surface area contributed by atoms with Gasteiger partial charge in [0.05, 0.1) is 30.6 Å². The molecule has 0 spiro atoms. The molecule has 1 aromatic heterocycles. The van der Waals surface area contributed by atoms with Crippen molar-refractivity contribution in [2.24, 2.45) is 5.41 Å². The topological polar surface area (TPSA) is 82.3 Å². The summed E-state index contributed by atoms with van der Waals surface area (Å²) >= 11 is 0. The van der Waals surface area contributed by atoms with Crippen molar-refractivity contribution in [3.05, 3.63) is 47.7 Å². The van der Waals surface area contributed by atoms with E-state index in [-0.39, 0.29) is 18.2 Å². The summed E-state index contributed by atoms with van der Waals surface area (Å²) in [5.74, 6) is -0.250. The number of benzene rings is 1. The lowest BCUT2D eigenvalue weighted by molar-refractivity contribution is -0.145. The van der Waals surface area contributed by atoms with Crippen LogP contribution in [-0.4, -0.2) is 23.3 Å². The zero-order valence-corrected chi connectivity index (χ0v) is 15.2. The van der Waals surface area contributed by atoms with Gasteiger partial charge in [0.2, 0.25) is 0 Å². The van der Waals surface area contributed by atoms with Gasteiger partial charge in [-0.1, -0.05) is 19.1 Å². The molecule has 0 aliphatic heterocycles. The molecule has 1 aliphatic rings. The van der Waals surface area contributed by atoms with E-state index in [0.717, 1.165) is 23.2 Å². The Labute approximate surface area is 153 Å². The summed E-state index contributed by atoms with van der Waals surface area (Å²) in [5, 5.41) is 0. The molecule has 1 heterocycles. The van der Waals surface area contributed by atoms with Gasteiger partial charge in [-0.2, -0.15) is 0 Å². The van der Waals surface area contributed by atoms with E-state index in [9.17, 15) is 9.59 Å². The minimum absolute atomic E-state index is 0.0473. The third-order valence-electron chi connectivity index (χ3n) is 5.25. The van der Waals surface area contributed by atoms with Crippen LogP contribution in [0.5, 0.6) is 0 Å². The molecule has 26 heavy (non-hydrogen) atoms. The number of pyridine rings is 1. The van der Waals surface area contributed by atoms with E-state index in [2.05, 4.69) is 4.98 Å². The molecule has 1 aliphatic carbocycles. The Morgan fingerprint density at radius 2 is 2.08 bits per heavy atom. The van der Waals surface area contributed by atoms with Gasteiger partial charge in [-0.25, -0.2) is 0 Å². The van der Waals surface area contributed by atoms with E-state index in [4.69, 9.17) is 10.5 Å². The molecule has 2 N–H and O–H groups in total. The second-order valence-corrected chi connectivity index (χ2v) is 6.79. The average Bonchev–Trinajstić information content (AvgIpc) is 2.65. The van der Waals surface area contributed by atoms with E-state index < -0.39 is 5.41 Å². The molecular formula is C21H24N2O3. The Morgan fingerprint density at radius 1 is 1.27 bits per heavy atom. The third-order valence-corrected chi connectivity index (χ3v) is 5.25. The van der Waals surface area contributed by atoms with Crippen LogP contribution in [0, 0.1) is 5.41 Å². The maximum Gasteiger partial charge on any atom is 0.306 e. The minimum Gasteiger partial charge on any atom is -0.466 e. The summed E-state index contributed by atoms with van der Waals surface area (Å²) in [6, 6.07) is 9.48. The van der Waals surface area contributed by atoms with Crippen LogP contribution in [0.2, 0.25) is 0 Å². The second-order valence-electron chi connectivity index (χ2n) is 6.79. The van der Waals surface area contributed by atoms with Crippen molar-refractivity contribution in [1.29, 1.82) is 0 Å². The number of hydrogen-bond acceptors (Lipinski definition) is 5. The van der Waals surface area contributed by atoms with Crippen LogP contribution in [0.25, 0.3) is 11.3 Å². The number of nitrogens with two attached hydrogens (primary N) is 1. The number of esters is 1. The Kier molecular flexibility index (Phi) is 5.07. The zero-order valence-electron chi connectivity index (χ0n) is 15.2. The quantitative estimate of drug-likeness (QED) is 0.828. The smallest absolute Gasteiger partial charge is 0.306 e. The van der Waals surface area contributed by atoms with Crippen LogP contribution in [0.15, 0.2) is 36.5 Å². The highest BCUT2D eigenvalue weighted by molar-refractivity contribution is 6.04. The number of nitrogen functional groups attached to an aromatic ring is 1. The van der Waals surface area contributed by atoms with Gasteiger partial charge in [-0.3, -0.25) is 14.6 Å². The molecule has 0 bridgehead atoms. The largest absolute Gasteiger partial charge is 0.466 e. The average molecular weight is 352 g/mol. The number of ketones is 1. The maximum absolute atomic E-state index is 13.2. The van der Waals surface area contributed by atoms with E-state index >= 15 is 0 Å². The number of hydrogen-bond donors (Lipinski definition) is 1. The molecule has 0 saturated carbocycles. The van der Waals surface area contributed by atoms with Gasteiger partial charge < -0.3 is 10.5 Å². The highest BCUT2D eigenvalue weighted by Gasteiger charge is 2.43. The summed E-state index contributed by atoms with van der Waals surface area (Å²) in [7, 11) is 0. The van der Waals surface area contributed by atoms with Crippen LogP contribution >= 0.6 is 0 Å². The van der Waals surface area contributed by atoms with Crippen LogP contribution in [0.4, 0.5) is 5.69 Å². The Morgan fingerprint density at radius 3 is 2.73 bits per heavy atom. The van der Waals surface area contributed by atoms with Gasteiger partial charge in [0.15, 0.2) is 5.78 Å². The number of fused-ring (bicyclic) bond motifs is 1. The lowest BCUT2D eigenvalue weighted by Crippen LogP contribution is -2.38. The van der Waals surface area contributed by atoms with Gasteiger partial charge >= 0.3 is 5.97 Å². The van der Waals surface area contributed by atoms with E-state index in [1.165, 1.54) is 0 Å². The van der Waals surface area contributed by atoms with Gasteiger partial charge in [0, 0.05) is 16.5 Å². The van der Waals surface area contributed by atoms with Crippen LogP contribution in [-0.2, 0) is 16.0 Å². The summed E-state index contributed by atoms with van der Waals surface area (Å²) < 4.78 is 5.08. The Balaban J connectivity index is 1.91. The first-order valence-electron chi connectivity index (χ1n) is 9.04. The summed E-state index contributed by atoms with van der Waals surface area (Å²) in [5.41, 5.74) is 9.18.